The average molecular weight is 567 g/mol. The van der Waals surface area contributed by atoms with Crippen molar-refractivity contribution in [3.8, 4) is 0 Å². The first-order valence-corrected chi connectivity index (χ1v) is 11.7. The minimum absolute atomic E-state index is 0. The van der Waals surface area contributed by atoms with Gasteiger partial charge in [0.2, 0.25) is 0 Å². The summed E-state index contributed by atoms with van der Waals surface area (Å²) in [5.41, 5.74) is 2.60. The molecule has 1 atom stereocenters. The number of nitrogens with one attached hydrogen (secondary N) is 2. The minimum atomic E-state index is -0.269. The molecular formula is C25H36FIN6. The van der Waals surface area contributed by atoms with Gasteiger partial charge in [-0.1, -0.05) is 31.2 Å². The zero-order chi connectivity index (χ0) is 22.3. The Hall–Kier alpha value is -1.94. The van der Waals surface area contributed by atoms with Crippen molar-refractivity contribution < 1.29 is 4.39 Å². The van der Waals surface area contributed by atoms with Crippen LogP contribution in [0.1, 0.15) is 37.3 Å². The number of halogens is 2. The van der Waals surface area contributed by atoms with Crippen molar-refractivity contribution in [1.82, 2.24) is 20.5 Å². The summed E-state index contributed by atoms with van der Waals surface area (Å²) in [6.45, 7) is 8.00. The smallest absolute Gasteiger partial charge is 0.191 e. The monoisotopic (exact) mass is 566 g/mol. The van der Waals surface area contributed by atoms with Crippen molar-refractivity contribution in [2.75, 3.05) is 38.1 Å². The molecule has 8 heteroatoms. The van der Waals surface area contributed by atoms with Gasteiger partial charge in [-0.05, 0) is 61.5 Å². The number of nitrogens with zero attached hydrogens (tertiary/aromatic N) is 4. The SMILES string of the molecule is CN=C(NCc1ccc(CN2CCC(C)CC2)cc1)NC1CCN(c2ncccc2F)C1.I. The van der Waals surface area contributed by atoms with Gasteiger partial charge < -0.3 is 15.5 Å². The molecule has 2 N–H and O–H groups in total. The van der Waals surface area contributed by atoms with Crippen LogP contribution in [0.3, 0.4) is 0 Å². The van der Waals surface area contributed by atoms with E-state index in [1.54, 1.807) is 19.3 Å². The summed E-state index contributed by atoms with van der Waals surface area (Å²) < 4.78 is 14.0. The van der Waals surface area contributed by atoms with Gasteiger partial charge in [-0.25, -0.2) is 9.37 Å². The van der Waals surface area contributed by atoms with Gasteiger partial charge in [0, 0.05) is 45.5 Å². The van der Waals surface area contributed by atoms with Gasteiger partial charge in [-0.2, -0.15) is 0 Å². The second kappa shape index (κ2) is 12.5. The first-order chi connectivity index (χ1) is 15.6. The Kier molecular flexibility index (Phi) is 9.73. The molecule has 4 rings (SSSR count). The molecule has 2 saturated heterocycles. The highest BCUT2D eigenvalue weighted by Gasteiger charge is 2.26. The summed E-state index contributed by atoms with van der Waals surface area (Å²) in [6.07, 6.45) is 5.17. The fraction of sp³-hybridized carbons (Fsp3) is 0.520. The number of guanidine groups is 1. The molecule has 3 heterocycles. The van der Waals surface area contributed by atoms with Crippen LogP contribution in [0, 0.1) is 11.7 Å². The molecule has 0 radical (unpaired) electrons. The predicted octanol–water partition coefficient (Wildman–Crippen LogP) is 4.01. The van der Waals surface area contributed by atoms with Crippen molar-refractivity contribution in [1.29, 1.82) is 0 Å². The summed E-state index contributed by atoms with van der Waals surface area (Å²) in [5.74, 6) is 1.80. The minimum Gasteiger partial charge on any atom is -0.352 e. The van der Waals surface area contributed by atoms with E-state index in [4.69, 9.17) is 0 Å². The first-order valence-electron chi connectivity index (χ1n) is 11.7. The van der Waals surface area contributed by atoms with Crippen LogP contribution in [-0.2, 0) is 13.1 Å². The number of piperidine rings is 1. The quantitative estimate of drug-likeness (QED) is 0.315. The summed E-state index contributed by atoms with van der Waals surface area (Å²) in [4.78, 5) is 13.1. The number of likely N-dealkylation sites (tertiary alicyclic amines) is 1. The van der Waals surface area contributed by atoms with Crippen molar-refractivity contribution in [2.24, 2.45) is 10.9 Å². The molecule has 1 aromatic heterocycles. The maximum absolute atomic E-state index is 14.0. The Balaban J connectivity index is 0.00000306. The lowest BCUT2D eigenvalue weighted by Crippen LogP contribution is -2.44. The molecule has 2 fully saturated rings. The molecule has 0 aliphatic carbocycles. The van der Waals surface area contributed by atoms with E-state index in [1.165, 1.54) is 43.1 Å². The van der Waals surface area contributed by atoms with Gasteiger partial charge in [0.25, 0.3) is 0 Å². The Bertz CT molecular complexity index is 898. The van der Waals surface area contributed by atoms with E-state index in [0.29, 0.717) is 18.9 Å². The molecule has 2 aliphatic heterocycles. The molecule has 0 bridgehead atoms. The van der Waals surface area contributed by atoms with Crippen LogP contribution in [0.5, 0.6) is 0 Å². The molecule has 33 heavy (non-hydrogen) atoms. The molecular weight excluding hydrogens is 530 g/mol. The van der Waals surface area contributed by atoms with Crippen LogP contribution in [0.4, 0.5) is 10.2 Å². The Labute approximate surface area is 214 Å². The topological polar surface area (TPSA) is 55.8 Å². The second-order valence-corrected chi connectivity index (χ2v) is 9.09. The van der Waals surface area contributed by atoms with Gasteiger partial charge in [0.1, 0.15) is 0 Å². The van der Waals surface area contributed by atoms with E-state index in [9.17, 15) is 4.39 Å². The number of benzene rings is 1. The largest absolute Gasteiger partial charge is 0.352 e. The first kappa shape index (κ1) is 25.7. The lowest BCUT2D eigenvalue weighted by atomic mass is 9.99. The highest BCUT2D eigenvalue weighted by atomic mass is 127. The third-order valence-electron chi connectivity index (χ3n) is 6.56. The summed E-state index contributed by atoms with van der Waals surface area (Å²) in [7, 11) is 1.78. The summed E-state index contributed by atoms with van der Waals surface area (Å²) in [5, 5.41) is 6.87. The van der Waals surface area contributed by atoms with E-state index < -0.39 is 0 Å². The Morgan fingerprint density at radius 1 is 1.09 bits per heavy atom. The number of pyridine rings is 1. The van der Waals surface area contributed by atoms with Crippen LogP contribution in [-0.4, -0.2) is 55.1 Å². The van der Waals surface area contributed by atoms with Crippen molar-refractivity contribution in [3.05, 3.63) is 59.5 Å². The van der Waals surface area contributed by atoms with Crippen molar-refractivity contribution in [2.45, 2.75) is 45.3 Å². The Morgan fingerprint density at radius 3 is 2.52 bits per heavy atom. The number of rotatable bonds is 6. The highest BCUT2D eigenvalue weighted by Crippen LogP contribution is 2.21. The molecule has 180 valence electrons. The Morgan fingerprint density at radius 2 is 1.82 bits per heavy atom. The molecule has 0 amide bonds. The number of hydrogen-bond donors (Lipinski definition) is 2. The van der Waals surface area contributed by atoms with Crippen molar-refractivity contribution >= 4 is 35.8 Å². The van der Waals surface area contributed by atoms with Gasteiger partial charge >= 0.3 is 0 Å². The van der Waals surface area contributed by atoms with Gasteiger partial charge in [-0.15, -0.1) is 24.0 Å². The lowest BCUT2D eigenvalue weighted by molar-refractivity contribution is 0.185. The molecule has 0 spiro atoms. The molecule has 6 nitrogen and oxygen atoms in total. The van der Waals surface area contributed by atoms with Crippen LogP contribution in [0.25, 0.3) is 0 Å². The molecule has 0 saturated carbocycles. The van der Waals surface area contributed by atoms with E-state index in [-0.39, 0.29) is 35.8 Å². The van der Waals surface area contributed by atoms with Crippen LogP contribution < -0.4 is 15.5 Å². The molecule has 1 aromatic carbocycles. The summed E-state index contributed by atoms with van der Waals surface area (Å²) >= 11 is 0. The van der Waals surface area contributed by atoms with Gasteiger partial charge in [0.15, 0.2) is 17.6 Å². The van der Waals surface area contributed by atoms with Crippen LogP contribution in [0.2, 0.25) is 0 Å². The zero-order valence-corrected chi connectivity index (χ0v) is 22.0. The number of aliphatic imine (C=N–C) groups is 1. The van der Waals surface area contributed by atoms with E-state index in [0.717, 1.165) is 31.4 Å². The number of aromatic nitrogens is 1. The maximum Gasteiger partial charge on any atom is 0.191 e. The number of anilines is 1. The van der Waals surface area contributed by atoms with Gasteiger partial charge in [0.05, 0.1) is 0 Å². The third-order valence-corrected chi connectivity index (χ3v) is 6.56. The standard InChI is InChI=1S/C25H35FN6.HI/c1-19-9-13-31(14-10-19)17-21-7-5-20(6-8-21)16-29-25(27-2)30-22-11-15-32(18-22)24-23(26)4-3-12-28-24;/h3-8,12,19,22H,9-11,13-18H2,1-2H3,(H2,27,29,30);1H. The van der Waals surface area contributed by atoms with Gasteiger partial charge in [-0.3, -0.25) is 9.89 Å². The fourth-order valence-corrected chi connectivity index (χ4v) is 4.50. The third kappa shape index (κ3) is 7.27. The maximum atomic E-state index is 14.0. The zero-order valence-electron chi connectivity index (χ0n) is 19.6. The fourth-order valence-electron chi connectivity index (χ4n) is 4.50. The molecule has 1 unspecified atom stereocenters. The van der Waals surface area contributed by atoms with E-state index in [1.807, 2.05) is 4.90 Å². The lowest BCUT2D eigenvalue weighted by Gasteiger charge is -2.30. The summed E-state index contributed by atoms with van der Waals surface area (Å²) in [6, 6.07) is 12.2. The van der Waals surface area contributed by atoms with Crippen molar-refractivity contribution in [3.63, 3.8) is 0 Å². The highest BCUT2D eigenvalue weighted by molar-refractivity contribution is 14.0. The normalized spacial score (nSPS) is 19.9. The second-order valence-electron chi connectivity index (χ2n) is 9.09. The number of hydrogen-bond acceptors (Lipinski definition) is 4. The average Bonchev–Trinajstić information content (AvgIpc) is 3.27. The predicted molar refractivity (Wildman–Crippen MR) is 144 cm³/mol. The van der Waals surface area contributed by atoms with E-state index >= 15 is 0 Å². The molecule has 2 aliphatic rings. The van der Waals surface area contributed by atoms with E-state index in [2.05, 4.69) is 56.7 Å². The van der Waals surface area contributed by atoms with Crippen LogP contribution in [0.15, 0.2) is 47.6 Å². The molecule has 2 aromatic rings. The van der Waals surface area contributed by atoms with Crippen LogP contribution >= 0.6 is 24.0 Å².